The number of benzene rings is 2. The summed E-state index contributed by atoms with van der Waals surface area (Å²) in [6.07, 6.45) is 6.63. The lowest BCUT2D eigenvalue weighted by Gasteiger charge is -2.31. The minimum atomic E-state index is -3.62. The molecule has 1 fully saturated rings. The normalized spacial score (nSPS) is 15.0. The molecule has 0 saturated heterocycles. The highest BCUT2D eigenvalue weighted by molar-refractivity contribution is 7.92. The van der Waals surface area contributed by atoms with E-state index in [1.54, 1.807) is 50.2 Å². The number of anilines is 1. The first kappa shape index (κ1) is 31.5. The van der Waals surface area contributed by atoms with Gasteiger partial charge in [-0.3, -0.25) is 13.9 Å². The average Bonchev–Trinajstić information content (AvgIpc) is 2.88. The molecule has 2 amide bonds. The highest BCUT2D eigenvalue weighted by Gasteiger charge is 2.29. The summed E-state index contributed by atoms with van der Waals surface area (Å²) in [7, 11) is -3.62. The number of sulfonamides is 1. The van der Waals surface area contributed by atoms with Crippen LogP contribution in [-0.2, 0) is 26.2 Å². The van der Waals surface area contributed by atoms with Crippen molar-refractivity contribution in [3.05, 3.63) is 62.6 Å². The van der Waals surface area contributed by atoms with Crippen LogP contribution < -0.4 is 9.62 Å². The van der Waals surface area contributed by atoms with Crippen molar-refractivity contribution < 1.29 is 18.0 Å². The van der Waals surface area contributed by atoms with Gasteiger partial charge < -0.3 is 10.2 Å². The number of amides is 2. The van der Waals surface area contributed by atoms with Crippen molar-refractivity contribution in [3.63, 3.8) is 0 Å². The first-order valence-corrected chi connectivity index (χ1v) is 16.1. The molecule has 0 aromatic heterocycles. The van der Waals surface area contributed by atoms with Crippen LogP contribution in [0.15, 0.2) is 36.4 Å². The van der Waals surface area contributed by atoms with E-state index in [2.05, 4.69) is 5.32 Å². The largest absolute Gasteiger partial charge is 0.352 e. The predicted octanol–water partition coefficient (Wildman–Crippen LogP) is 6.37. The Kier molecular flexibility index (Phi) is 11.4. The van der Waals surface area contributed by atoms with E-state index in [0.717, 1.165) is 43.1 Å². The molecule has 2 aromatic carbocycles. The molecule has 1 unspecified atom stereocenters. The second-order valence-electron chi connectivity index (χ2n) is 10.2. The molecule has 0 spiro atoms. The molecule has 0 radical (unpaired) electrons. The van der Waals surface area contributed by atoms with Crippen LogP contribution in [0, 0.1) is 6.92 Å². The van der Waals surface area contributed by atoms with E-state index in [4.69, 9.17) is 34.8 Å². The summed E-state index contributed by atoms with van der Waals surface area (Å²) in [5.41, 5.74) is 1.97. The Morgan fingerprint density at radius 3 is 2.36 bits per heavy atom. The van der Waals surface area contributed by atoms with Crippen LogP contribution in [0.25, 0.3) is 0 Å². The molecule has 39 heavy (non-hydrogen) atoms. The van der Waals surface area contributed by atoms with Gasteiger partial charge in [0.25, 0.3) is 0 Å². The Labute approximate surface area is 246 Å². The molecule has 214 valence electrons. The number of nitrogens with zero attached hydrogens (tertiary/aromatic N) is 2. The van der Waals surface area contributed by atoms with Crippen molar-refractivity contribution >= 4 is 62.3 Å². The second kappa shape index (κ2) is 14.1. The van der Waals surface area contributed by atoms with Crippen molar-refractivity contribution in [1.82, 2.24) is 10.2 Å². The van der Waals surface area contributed by atoms with E-state index in [-0.39, 0.29) is 43.8 Å². The van der Waals surface area contributed by atoms with E-state index in [9.17, 15) is 18.0 Å². The molecule has 3 rings (SSSR count). The Hall–Kier alpha value is -2.00. The average molecular weight is 617 g/mol. The monoisotopic (exact) mass is 615 g/mol. The maximum atomic E-state index is 13.5. The number of rotatable bonds is 11. The van der Waals surface area contributed by atoms with Gasteiger partial charge in [-0.05, 0) is 68.5 Å². The van der Waals surface area contributed by atoms with Crippen LogP contribution in [0.1, 0.15) is 63.0 Å². The summed E-state index contributed by atoms with van der Waals surface area (Å²) in [5, 5.41) is 4.29. The third-order valence-corrected chi connectivity index (χ3v) is 9.20. The van der Waals surface area contributed by atoms with E-state index < -0.39 is 16.1 Å². The zero-order chi connectivity index (χ0) is 28.7. The zero-order valence-electron chi connectivity index (χ0n) is 22.6. The zero-order valence-corrected chi connectivity index (χ0v) is 25.6. The fourth-order valence-corrected chi connectivity index (χ4v) is 6.32. The molecule has 2 aromatic rings. The number of carbonyl (C=O) groups is 2. The first-order chi connectivity index (χ1) is 18.4. The molecule has 0 aliphatic heterocycles. The molecule has 7 nitrogen and oxygen atoms in total. The molecule has 1 aliphatic carbocycles. The third kappa shape index (κ3) is 9.00. The van der Waals surface area contributed by atoms with E-state index in [1.807, 2.05) is 0 Å². The minimum absolute atomic E-state index is 0.0496. The van der Waals surface area contributed by atoms with Crippen molar-refractivity contribution in [2.24, 2.45) is 0 Å². The van der Waals surface area contributed by atoms with Crippen LogP contribution >= 0.6 is 34.8 Å². The number of nitrogens with one attached hydrogen (secondary N) is 1. The number of hydrogen-bond donors (Lipinski definition) is 1. The maximum absolute atomic E-state index is 13.5. The van der Waals surface area contributed by atoms with Crippen molar-refractivity contribution in [2.75, 3.05) is 17.1 Å². The van der Waals surface area contributed by atoms with Gasteiger partial charge >= 0.3 is 0 Å². The fraction of sp³-hybridized carbons (Fsp3) is 0.500. The summed E-state index contributed by atoms with van der Waals surface area (Å²) in [4.78, 5) is 28.2. The van der Waals surface area contributed by atoms with Gasteiger partial charge in [0.1, 0.15) is 6.04 Å². The molecular formula is C28H36Cl3N3O4S. The van der Waals surface area contributed by atoms with Gasteiger partial charge in [-0.2, -0.15) is 0 Å². The van der Waals surface area contributed by atoms with Crippen LogP contribution in [-0.4, -0.2) is 50.0 Å². The quantitative estimate of drug-likeness (QED) is 0.318. The number of aryl methyl sites for hydroxylation is 1. The van der Waals surface area contributed by atoms with E-state index in [1.165, 1.54) is 15.6 Å². The van der Waals surface area contributed by atoms with Crippen molar-refractivity contribution in [1.29, 1.82) is 0 Å². The summed E-state index contributed by atoms with van der Waals surface area (Å²) >= 11 is 18.4. The molecule has 1 saturated carbocycles. The van der Waals surface area contributed by atoms with Gasteiger partial charge in [0.2, 0.25) is 21.8 Å². The molecule has 11 heteroatoms. The van der Waals surface area contributed by atoms with Crippen molar-refractivity contribution in [2.45, 2.75) is 77.4 Å². The number of halogens is 3. The summed E-state index contributed by atoms with van der Waals surface area (Å²) in [5.74, 6) is -0.466. The molecule has 0 heterocycles. The van der Waals surface area contributed by atoms with Gasteiger partial charge in [-0.25, -0.2) is 8.42 Å². The Balaban J connectivity index is 1.76. The smallest absolute Gasteiger partial charge is 0.242 e. The molecule has 1 N–H and O–H groups in total. The highest BCUT2D eigenvalue weighted by Crippen LogP contribution is 2.27. The van der Waals surface area contributed by atoms with E-state index in [0.29, 0.717) is 20.8 Å². The van der Waals surface area contributed by atoms with Crippen LogP contribution in [0.5, 0.6) is 0 Å². The minimum Gasteiger partial charge on any atom is -0.352 e. The standard InChI is InChI=1S/C28H36Cl3N3O4S/c1-19-11-13-22(29)17-26(19)34(39(3,37)38)15-7-10-27(35)33(18-21-12-14-24(30)25(31)16-21)20(2)28(36)32-23-8-5-4-6-9-23/h11-14,16-17,20,23H,4-10,15,18H2,1-3H3,(H,32,36). The molecule has 1 atom stereocenters. The SMILES string of the molecule is Cc1ccc(Cl)cc1N(CCCC(=O)N(Cc1ccc(Cl)c(Cl)c1)C(C)C(=O)NC1CCCCC1)S(C)(=O)=O. The Morgan fingerprint density at radius 2 is 1.72 bits per heavy atom. The van der Waals surface area contributed by atoms with Gasteiger partial charge in [0.05, 0.1) is 22.0 Å². The lowest BCUT2D eigenvalue weighted by atomic mass is 9.95. The van der Waals surface area contributed by atoms with Crippen LogP contribution in [0.2, 0.25) is 15.1 Å². The molecular weight excluding hydrogens is 581 g/mol. The highest BCUT2D eigenvalue weighted by atomic mass is 35.5. The predicted molar refractivity (Wildman–Crippen MR) is 159 cm³/mol. The maximum Gasteiger partial charge on any atom is 0.242 e. The second-order valence-corrected chi connectivity index (χ2v) is 13.3. The Bertz CT molecular complexity index is 1280. The topological polar surface area (TPSA) is 86.8 Å². The molecule has 1 aliphatic rings. The van der Waals surface area contributed by atoms with Gasteiger partial charge in [-0.15, -0.1) is 0 Å². The summed E-state index contributed by atoms with van der Waals surface area (Å²) in [6, 6.07) is 9.56. The van der Waals surface area contributed by atoms with Crippen molar-refractivity contribution in [3.8, 4) is 0 Å². The lowest BCUT2D eigenvalue weighted by Crippen LogP contribution is -2.50. The van der Waals surface area contributed by atoms with Gasteiger partial charge in [0, 0.05) is 30.6 Å². The Morgan fingerprint density at radius 1 is 1.03 bits per heavy atom. The van der Waals surface area contributed by atoms with Crippen LogP contribution in [0.3, 0.4) is 0 Å². The number of hydrogen-bond acceptors (Lipinski definition) is 4. The lowest BCUT2D eigenvalue weighted by molar-refractivity contribution is -0.141. The summed E-state index contributed by atoms with van der Waals surface area (Å²) < 4.78 is 26.5. The van der Waals surface area contributed by atoms with E-state index >= 15 is 0 Å². The third-order valence-electron chi connectivity index (χ3n) is 7.05. The first-order valence-electron chi connectivity index (χ1n) is 13.1. The molecule has 0 bridgehead atoms. The summed E-state index contributed by atoms with van der Waals surface area (Å²) in [6.45, 7) is 3.78. The fourth-order valence-electron chi connectivity index (χ4n) is 4.82. The van der Waals surface area contributed by atoms with Gasteiger partial charge in [-0.1, -0.05) is 66.2 Å². The van der Waals surface area contributed by atoms with Gasteiger partial charge in [0.15, 0.2) is 0 Å². The van der Waals surface area contributed by atoms with Crippen LogP contribution in [0.4, 0.5) is 5.69 Å². The number of carbonyl (C=O) groups excluding carboxylic acids is 2.